The molecule has 18 heavy (non-hydrogen) atoms. The fourth-order valence-electron chi connectivity index (χ4n) is 1.82. The van der Waals surface area contributed by atoms with Crippen LogP contribution >= 0.6 is 11.6 Å². The molecule has 0 radical (unpaired) electrons. The summed E-state index contributed by atoms with van der Waals surface area (Å²) in [4.78, 5) is 4.33. The second-order valence-corrected chi connectivity index (χ2v) is 4.31. The first-order chi connectivity index (χ1) is 8.76. The lowest BCUT2D eigenvalue weighted by Crippen LogP contribution is -2.04. The van der Waals surface area contributed by atoms with Gasteiger partial charge in [0.2, 0.25) is 0 Å². The van der Waals surface area contributed by atoms with Crippen molar-refractivity contribution in [1.82, 2.24) is 10.3 Å². The van der Waals surface area contributed by atoms with Gasteiger partial charge in [0.1, 0.15) is 11.4 Å². The van der Waals surface area contributed by atoms with Gasteiger partial charge in [0.05, 0.1) is 12.1 Å². The van der Waals surface area contributed by atoms with Crippen LogP contribution in [0.15, 0.2) is 36.5 Å². The molecule has 94 valence electrons. The van der Waals surface area contributed by atoms with Gasteiger partial charge in [0.25, 0.3) is 0 Å². The first-order valence-electron chi connectivity index (χ1n) is 5.68. The maximum absolute atomic E-state index is 6.31. The quantitative estimate of drug-likeness (QED) is 0.919. The van der Waals surface area contributed by atoms with Crippen LogP contribution in [0.25, 0.3) is 11.3 Å². The number of methoxy groups -OCH3 is 1. The first-order valence-corrected chi connectivity index (χ1v) is 6.06. The Labute approximate surface area is 112 Å². The third kappa shape index (κ3) is 2.63. The Kier molecular flexibility index (Phi) is 4.18. The van der Waals surface area contributed by atoms with E-state index < -0.39 is 0 Å². The van der Waals surface area contributed by atoms with E-state index in [9.17, 15) is 0 Å². The van der Waals surface area contributed by atoms with Crippen LogP contribution in [0.2, 0.25) is 5.02 Å². The van der Waals surface area contributed by atoms with Crippen molar-refractivity contribution in [2.75, 3.05) is 14.2 Å². The number of halogens is 1. The summed E-state index contributed by atoms with van der Waals surface area (Å²) in [6.07, 6.45) is 1.73. The van der Waals surface area contributed by atoms with Gasteiger partial charge >= 0.3 is 0 Å². The van der Waals surface area contributed by atoms with Crippen molar-refractivity contribution in [1.29, 1.82) is 0 Å². The zero-order valence-electron chi connectivity index (χ0n) is 10.4. The van der Waals surface area contributed by atoms with E-state index in [-0.39, 0.29) is 0 Å². The van der Waals surface area contributed by atoms with E-state index in [2.05, 4.69) is 10.3 Å². The maximum atomic E-state index is 6.31. The normalized spacial score (nSPS) is 10.4. The number of nitrogens with zero attached hydrogens (tertiary/aromatic N) is 1. The average Bonchev–Trinajstić information content (AvgIpc) is 2.39. The van der Waals surface area contributed by atoms with E-state index >= 15 is 0 Å². The van der Waals surface area contributed by atoms with Crippen molar-refractivity contribution in [3.8, 4) is 17.0 Å². The molecule has 0 unspecified atom stereocenters. The molecule has 1 aromatic carbocycles. The minimum atomic E-state index is 0.680. The molecule has 0 saturated heterocycles. The number of ether oxygens (including phenoxy) is 1. The molecular formula is C14H15ClN2O. The van der Waals surface area contributed by atoms with E-state index in [4.69, 9.17) is 16.3 Å². The fourth-order valence-corrected chi connectivity index (χ4v) is 2.11. The highest BCUT2D eigenvalue weighted by Crippen LogP contribution is 2.33. The zero-order chi connectivity index (χ0) is 13.0. The lowest BCUT2D eigenvalue weighted by Gasteiger charge is -2.10. The fraction of sp³-hybridized carbons (Fsp3) is 0.214. The largest absolute Gasteiger partial charge is 0.494 e. The molecule has 0 atom stereocenters. The molecule has 2 rings (SSSR count). The van der Waals surface area contributed by atoms with Crippen molar-refractivity contribution in [2.24, 2.45) is 0 Å². The van der Waals surface area contributed by atoms with Gasteiger partial charge in [-0.25, -0.2) is 0 Å². The smallest absolute Gasteiger partial charge is 0.145 e. The molecule has 1 aromatic heterocycles. The molecule has 0 aliphatic heterocycles. The van der Waals surface area contributed by atoms with Gasteiger partial charge in [0.15, 0.2) is 0 Å². The highest BCUT2D eigenvalue weighted by Gasteiger charge is 2.10. The van der Waals surface area contributed by atoms with E-state index in [0.29, 0.717) is 5.02 Å². The Morgan fingerprint density at radius 2 is 2.17 bits per heavy atom. The molecule has 4 heteroatoms. The van der Waals surface area contributed by atoms with Crippen molar-refractivity contribution >= 4 is 11.6 Å². The van der Waals surface area contributed by atoms with Crippen LogP contribution in [-0.2, 0) is 6.54 Å². The number of pyridine rings is 1. The van der Waals surface area contributed by atoms with Gasteiger partial charge < -0.3 is 10.1 Å². The molecule has 0 saturated carbocycles. The number of nitrogens with one attached hydrogen (secondary N) is 1. The Balaban J connectivity index is 2.44. The van der Waals surface area contributed by atoms with Crippen LogP contribution in [0, 0.1) is 0 Å². The highest BCUT2D eigenvalue weighted by molar-refractivity contribution is 6.33. The highest BCUT2D eigenvalue weighted by atomic mass is 35.5. The van der Waals surface area contributed by atoms with Crippen molar-refractivity contribution in [3.05, 3.63) is 47.1 Å². The van der Waals surface area contributed by atoms with Crippen LogP contribution in [0.1, 0.15) is 5.56 Å². The van der Waals surface area contributed by atoms with E-state index in [1.807, 2.05) is 37.4 Å². The van der Waals surface area contributed by atoms with E-state index in [1.165, 1.54) is 0 Å². The Hall–Kier alpha value is -1.58. The molecule has 0 aliphatic carbocycles. The standard InChI is InChI=1S/C14H15ClN2O/c1-16-9-10-5-6-11(12(15)8-10)14-13(18-2)4-3-7-17-14/h3-8,16H,9H2,1-2H3. The van der Waals surface area contributed by atoms with Gasteiger partial charge in [0, 0.05) is 18.3 Å². The number of hydrogen-bond acceptors (Lipinski definition) is 3. The summed E-state index contributed by atoms with van der Waals surface area (Å²) in [5.74, 6) is 0.723. The van der Waals surface area contributed by atoms with Gasteiger partial charge in [-0.1, -0.05) is 23.7 Å². The second-order valence-electron chi connectivity index (χ2n) is 3.90. The predicted octanol–water partition coefficient (Wildman–Crippen LogP) is 3.13. The molecule has 1 N–H and O–H groups in total. The molecule has 0 spiro atoms. The topological polar surface area (TPSA) is 34.2 Å². The van der Waals surface area contributed by atoms with Crippen LogP contribution in [0.4, 0.5) is 0 Å². The number of aromatic nitrogens is 1. The molecule has 0 bridgehead atoms. The number of benzene rings is 1. The molecule has 3 nitrogen and oxygen atoms in total. The zero-order valence-corrected chi connectivity index (χ0v) is 11.2. The Morgan fingerprint density at radius 1 is 1.33 bits per heavy atom. The van der Waals surface area contributed by atoms with Gasteiger partial charge in [-0.2, -0.15) is 0 Å². The summed E-state index contributed by atoms with van der Waals surface area (Å²) in [6.45, 7) is 0.791. The number of rotatable bonds is 4. The van der Waals surface area contributed by atoms with E-state index in [0.717, 1.165) is 29.1 Å². The van der Waals surface area contributed by atoms with Crippen molar-refractivity contribution in [3.63, 3.8) is 0 Å². The monoisotopic (exact) mass is 262 g/mol. The summed E-state index contributed by atoms with van der Waals surface area (Å²) in [7, 11) is 3.54. The molecule has 0 fully saturated rings. The van der Waals surface area contributed by atoms with Crippen molar-refractivity contribution in [2.45, 2.75) is 6.54 Å². The van der Waals surface area contributed by atoms with Crippen LogP contribution in [0.5, 0.6) is 5.75 Å². The second kappa shape index (κ2) is 5.85. The third-order valence-corrected chi connectivity index (χ3v) is 2.97. The summed E-state index contributed by atoms with van der Waals surface area (Å²) in [5, 5.41) is 3.77. The molecular weight excluding hydrogens is 248 g/mol. The molecule has 0 aliphatic rings. The lowest BCUT2D eigenvalue weighted by molar-refractivity contribution is 0.415. The van der Waals surface area contributed by atoms with Gasteiger partial charge in [-0.3, -0.25) is 4.98 Å². The molecule has 2 aromatic rings. The average molecular weight is 263 g/mol. The third-order valence-electron chi connectivity index (χ3n) is 2.66. The summed E-state index contributed by atoms with van der Waals surface area (Å²) >= 11 is 6.31. The minimum absolute atomic E-state index is 0.680. The van der Waals surface area contributed by atoms with Crippen molar-refractivity contribution < 1.29 is 4.74 Å². The maximum Gasteiger partial charge on any atom is 0.145 e. The van der Waals surface area contributed by atoms with Crippen LogP contribution in [-0.4, -0.2) is 19.1 Å². The summed E-state index contributed by atoms with van der Waals surface area (Å²) in [5.41, 5.74) is 2.79. The van der Waals surface area contributed by atoms with E-state index in [1.54, 1.807) is 13.3 Å². The summed E-state index contributed by atoms with van der Waals surface area (Å²) in [6, 6.07) is 9.67. The lowest BCUT2D eigenvalue weighted by atomic mass is 10.1. The minimum Gasteiger partial charge on any atom is -0.494 e. The first kappa shape index (κ1) is 12.9. The SMILES string of the molecule is CNCc1ccc(-c2ncccc2OC)c(Cl)c1. The van der Waals surface area contributed by atoms with Crippen LogP contribution in [0.3, 0.4) is 0 Å². The molecule has 1 heterocycles. The number of hydrogen-bond donors (Lipinski definition) is 1. The Morgan fingerprint density at radius 3 is 2.83 bits per heavy atom. The predicted molar refractivity (Wildman–Crippen MR) is 74.0 cm³/mol. The van der Waals surface area contributed by atoms with Gasteiger partial charge in [-0.05, 0) is 30.8 Å². The molecule has 0 amide bonds. The van der Waals surface area contributed by atoms with Gasteiger partial charge in [-0.15, -0.1) is 0 Å². The Bertz CT molecular complexity index is 543. The summed E-state index contributed by atoms with van der Waals surface area (Å²) < 4.78 is 5.30. The van der Waals surface area contributed by atoms with Crippen LogP contribution < -0.4 is 10.1 Å².